The quantitative estimate of drug-likeness (QED) is 0.833. The minimum absolute atomic E-state index is 0.0744. The highest BCUT2D eigenvalue weighted by molar-refractivity contribution is 7.10. The van der Waals surface area contributed by atoms with Gasteiger partial charge in [0.2, 0.25) is 5.91 Å². The van der Waals surface area contributed by atoms with E-state index in [2.05, 4.69) is 30.3 Å². The Morgan fingerprint density at radius 2 is 2.08 bits per heavy atom. The van der Waals surface area contributed by atoms with Crippen molar-refractivity contribution in [1.29, 1.82) is 0 Å². The third-order valence-corrected chi connectivity index (χ3v) is 5.59. The summed E-state index contributed by atoms with van der Waals surface area (Å²) < 4.78 is 0. The molecule has 2 amide bonds. The van der Waals surface area contributed by atoms with Crippen molar-refractivity contribution in [3.8, 4) is 0 Å². The van der Waals surface area contributed by atoms with Crippen LogP contribution in [0.5, 0.6) is 0 Å². The van der Waals surface area contributed by atoms with Crippen LogP contribution in [0.4, 0.5) is 0 Å². The first-order valence-corrected chi connectivity index (χ1v) is 9.38. The van der Waals surface area contributed by atoms with Gasteiger partial charge in [0.25, 0.3) is 5.91 Å². The first-order chi connectivity index (χ1) is 12.1. The second-order valence-electron chi connectivity index (χ2n) is 6.09. The zero-order valence-corrected chi connectivity index (χ0v) is 15.1. The summed E-state index contributed by atoms with van der Waals surface area (Å²) in [7, 11) is 0. The molecule has 1 aliphatic heterocycles. The lowest BCUT2D eigenvalue weighted by molar-refractivity contribution is -0.116. The molecule has 0 saturated carbocycles. The number of rotatable bonds is 5. The zero-order chi connectivity index (χ0) is 17.8. The number of hydrogen-bond acceptors (Lipinski definition) is 3. The monoisotopic (exact) mass is 354 g/mol. The van der Waals surface area contributed by atoms with Crippen molar-refractivity contribution in [2.75, 3.05) is 6.54 Å². The van der Waals surface area contributed by atoms with Crippen molar-refractivity contribution in [2.45, 2.75) is 32.4 Å². The van der Waals surface area contributed by atoms with Crippen molar-refractivity contribution in [1.82, 2.24) is 10.2 Å². The van der Waals surface area contributed by atoms with Crippen LogP contribution in [0.15, 0.2) is 48.4 Å². The lowest BCUT2D eigenvalue weighted by atomic mass is 9.96. The molecule has 1 atom stereocenters. The minimum atomic E-state index is -0.203. The highest BCUT2D eigenvalue weighted by Gasteiger charge is 2.30. The van der Waals surface area contributed by atoms with Gasteiger partial charge in [-0.15, -0.1) is 11.3 Å². The van der Waals surface area contributed by atoms with E-state index >= 15 is 0 Å². The molecule has 2 aromatic rings. The number of carbonyl (C=O) groups excluding carboxylic acids is 2. The molecule has 0 aliphatic carbocycles. The van der Waals surface area contributed by atoms with Gasteiger partial charge in [0, 0.05) is 23.5 Å². The molecule has 0 fully saturated rings. The van der Waals surface area contributed by atoms with Gasteiger partial charge in [-0.3, -0.25) is 9.59 Å². The number of amides is 2. The van der Waals surface area contributed by atoms with Crippen LogP contribution in [0, 0.1) is 0 Å². The molecule has 3 rings (SSSR count). The Labute approximate surface area is 152 Å². The number of thiophene rings is 1. The van der Waals surface area contributed by atoms with Gasteiger partial charge < -0.3 is 10.2 Å². The molecular formula is C20H22N2O2S. The van der Waals surface area contributed by atoms with Crippen molar-refractivity contribution in [2.24, 2.45) is 0 Å². The summed E-state index contributed by atoms with van der Waals surface area (Å²) in [6, 6.07) is 9.77. The summed E-state index contributed by atoms with van der Waals surface area (Å²) >= 11 is 1.79. The Morgan fingerprint density at radius 1 is 1.32 bits per heavy atom. The summed E-state index contributed by atoms with van der Waals surface area (Å²) in [5.74, 6) is -0.129. The maximum Gasteiger partial charge on any atom is 0.254 e. The summed E-state index contributed by atoms with van der Waals surface area (Å²) in [5, 5.41) is 4.85. The highest BCUT2D eigenvalue weighted by atomic mass is 32.1. The number of nitrogens with one attached hydrogen (secondary N) is 1. The first kappa shape index (κ1) is 17.4. The molecule has 2 heterocycles. The lowest BCUT2D eigenvalue weighted by Gasteiger charge is -2.35. The molecule has 1 aromatic heterocycles. The third-order valence-electron chi connectivity index (χ3n) is 4.60. The normalized spacial score (nSPS) is 16.2. The Morgan fingerprint density at radius 3 is 2.76 bits per heavy atom. The molecular weight excluding hydrogens is 332 g/mol. The SMILES string of the molecule is C=CC(=O)NCc1ccc(C(=O)N2CCc3sccc3C2CC)cc1. The van der Waals surface area contributed by atoms with Gasteiger partial charge in [-0.2, -0.15) is 0 Å². The number of benzene rings is 1. The van der Waals surface area contributed by atoms with E-state index in [1.165, 1.54) is 16.5 Å². The topological polar surface area (TPSA) is 49.4 Å². The van der Waals surface area contributed by atoms with Crippen LogP contribution in [-0.4, -0.2) is 23.3 Å². The highest BCUT2D eigenvalue weighted by Crippen LogP contribution is 2.35. The minimum Gasteiger partial charge on any atom is -0.348 e. The average Bonchev–Trinajstić information content (AvgIpc) is 3.13. The first-order valence-electron chi connectivity index (χ1n) is 8.50. The average molecular weight is 354 g/mol. The van der Waals surface area contributed by atoms with Crippen LogP contribution >= 0.6 is 11.3 Å². The van der Waals surface area contributed by atoms with Gasteiger partial charge in [0.15, 0.2) is 0 Å². The maximum absolute atomic E-state index is 13.0. The van der Waals surface area contributed by atoms with Crippen LogP contribution in [0.1, 0.15) is 45.7 Å². The molecule has 25 heavy (non-hydrogen) atoms. The van der Waals surface area contributed by atoms with E-state index in [0.717, 1.165) is 24.9 Å². The number of carbonyl (C=O) groups is 2. The lowest BCUT2D eigenvalue weighted by Crippen LogP contribution is -2.39. The predicted octanol–water partition coefficient (Wildman–Crippen LogP) is 3.70. The van der Waals surface area contributed by atoms with Gasteiger partial charge in [-0.25, -0.2) is 0 Å². The number of nitrogens with zero attached hydrogens (tertiary/aromatic N) is 1. The van der Waals surface area contributed by atoms with Gasteiger partial charge in [-0.1, -0.05) is 25.6 Å². The molecule has 130 valence electrons. The predicted molar refractivity (Wildman–Crippen MR) is 101 cm³/mol. The fourth-order valence-electron chi connectivity index (χ4n) is 3.27. The Hall–Kier alpha value is -2.40. The molecule has 0 spiro atoms. The van der Waals surface area contributed by atoms with E-state index in [-0.39, 0.29) is 17.9 Å². The van der Waals surface area contributed by atoms with Gasteiger partial charge in [-0.05, 0) is 53.6 Å². The molecule has 1 N–H and O–H groups in total. The van der Waals surface area contributed by atoms with E-state index in [4.69, 9.17) is 0 Å². The smallest absolute Gasteiger partial charge is 0.254 e. The standard InChI is InChI=1S/C20H22N2O2S/c1-3-17-16-10-12-25-18(16)9-11-22(17)20(24)15-7-5-14(6-8-15)13-21-19(23)4-2/h4-8,10,12,17H,2-3,9,11,13H2,1H3,(H,21,23). The van der Waals surface area contributed by atoms with E-state index in [1.54, 1.807) is 11.3 Å². The third kappa shape index (κ3) is 3.66. The molecule has 1 aliphatic rings. The van der Waals surface area contributed by atoms with Crippen molar-refractivity contribution in [3.63, 3.8) is 0 Å². The summed E-state index contributed by atoms with van der Waals surface area (Å²) in [4.78, 5) is 27.6. The van der Waals surface area contributed by atoms with Gasteiger partial charge in [0.05, 0.1) is 6.04 Å². The molecule has 0 saturated heterocycles. The molecule has 0 radical (unpaired) electrons. The van der Waals surface area contributed by atoms with Gasteiger partial charge >= 0.3 is 0 Å². The fraction of sp³-hybridized carbons (Fsp3) is 0.300. The summed E-state index contributed by atoms with van der Waals surface area (Å²) in [6.07, 6.45) is 3.10. The number of hydrogen-bond donors (Lipinski definition) is 1. The van der Waals surface area contributed by atoms with E-state index < -0.39 is 0 Å². The molecule has 4 nitrogen and oxygen atoms in total. The van der Waals surface area contributed by atoms with Crippen molar-refractivity contribution in [3.05, 3.63) is 69.9 Å². The summed E-state index contributed by atoms with van der Waals surface area (Å²) in [6.45, 7) is 6.75. The van der Waals surface area contributed by atoms with Crippen LogP contribution in [0.25, 0.3) is 0 Å². The Bertz CT molecular complexity index is 779. The molecule has 1 unspecified atom stereocenters. The maximum atomic E-state index is 13.0. The van der Waals surface area contributed by atoms with E-state index in [9.17, 15) is 9.59 Å². The summed E-state index contributed by atoms with van der Waals surface area (Å²) in [5.41, 5.74) is 2.95. The molecule has 1 aromatic carbocycles. The van der Waals surface area contributed by atoms with Crippen LogP contribution < -0.4 is 5.32 Å². The zero-order valence-electron chi connectivity index (χ0n) is 14.3. The second-order valence-corrected chi connectivity index (χ2v) is 7.09. The fourth-order valence-corrected chi connectivity index (χ4v) is 4.20. The van der Waals surface area contributed by atoms with Crippen LogP contribution in [-0.2, 0) is 17.8 Å². The van der Waals surface area contributed by atoms with Crippen molar-refractivity contribution >= 4 is 23.2 Å². The second kappa shape index (κ2) is 7.66. The largest absolute Gasteiger partial charge is 0.348 e. The van der Waals surface area contributed by atoms with Crippen LogP contribution in [0.3, 0.4) is 0 Å². The number of fused-ring (bicyclic) bond motifs is 1. The van der Waals surface area contributed by atoms with Crippen molar-refractivity contribution < 1.29 is 9.59 Å². The van der Waals surface area contributed by atoms with Gasteiger partial charge in [0.1, 0.15) is 0 Å². The Balaban J connectivity index is 1.72. The van der Waals surface area contributed by atoms with E-state index in [0.29, 0.717) is 12.1 Å². The Kier molecular flexibility index (Phi) is 5.34. The molecule has 0 bridgehead atoms. The van der Waals surface area contributed by atoms with E-state index in [1.807, 2.05) is 29.2 Å². The molecule has 5 heteroatoms. The van der Waals surface area contributed by atoms with Crippen LogP contribution in [0.2, 0.25) is 0 Å².